The monoisotopic (exact) mass is 442 g/mol. The van der Waals surface area contributed by atoms with Gasteiger partial charge in [-0.2, -0.15) is 0 Å². The standard InChI is InChI=1S/2C10H19NO2.2ClH/c2*1-2-13-10(12)7-8-3-5-9(11)6-4-8;;/h2*8-9H,2-7,11H2,1H3;2*1H. The van der Waals surface area contributed by atoms with Crippen molar-refractivity contribution < 1.29 is 19.1 Å². The lowest BCUT2D eigenvalue weighted by Crippen LogP contribution is -2.27. The van der Waals surface area contributed by atoms with Gasteiger partial charge in [0, 0.05) is 24.9 Å². The molecule has 28 heavy (non-hydrogen) atoms. The van der Waals surface area contributed by atoms with Gasteiger partial charge in [-0.3, -0.25) is 9.59 Å². The highest BCUT2D eigenvalue weighted by atomic mass is 35.5. The van der Waals surface area contributed by atoms with Gasteiger partial charge in [-0.25, -0.2) is 0 Å². The topological polar surface area (TPSA) is 105 Å². The average Bonchev–Trinajstić information content (AvgIpc) is 2.60. The molecule has 0 atom stereocenters. The molecule has 2 saturated carbocycles. The Bertz CT molecular complexity index is 373. The highest BCUT2D eigenvalue weighted by molar-refractivity contribution is 5.85. The van der Waals surface area contributed by atoms with Gasteiger partial charge in [0.2, 0.25) is 0 Å². The minimum absolute atomic E-state index is 0. The Morgan fingerprint density at radius 3 is 1.21 bits per heavy atom. The Balaban J connectivity index is 0. The zero-order chi connectivity index (χ0) is 19.4. The van der Waals surface area contributed by atoms with Crippen LogP contribution in [-0.4, -0.2) is 37.2 Å². The summed E-state index contributed by atoms with van der Waals surface area (Å²) in [4.78, 5) is 22.3. The molecule has 0 aromatic rings. The van der Waals surface area contributed by atoms with E-state index in [0.29, 0.717) is 50.0 Å². The first kappa shape index (κ1) is 29.6. The fourth-order valence-electron chi connectivity index (χ4n) is 3.70. The Morgan fingerprint density at radius 2 is 0.964 bits per heavy atom. The second-order valence-electron chi connectivity index (χ2n) is 7.58. The van der Waals surface area contributed by atoms with Gasteiger partial charge in [0.1, 0.15) is 0 Å². The van der Waals surface area contributed by atoms with E-state index in [0.717, 1.165) is 51.4 Å². The number of carbonyl (C=O) groups is 2. The van der Waals surface area contributed by atoms with E-state index in [1.54, 1.807) is 0 Å². The number of halogens is 2. The van der Waals surface area contributed by atoms with Crippen LogP contribution >= 0.6 is 24.8 Å². The van der Waals surface area contributed by atoms with Crippen LogP contribution < -0.4 is 11.5 Å². The lowest BCUT2D eigenvalue weighted by molar-refractivity contribution is -0.145. The maximum Gasteiger partial charge on any atom is 0.306 e. The minimum Gasteiger partial charge on any atom is -0.466 e. The quantitative estimate of drug-likeness (QED) is 0.606. The minimum atomic E-state index is -0.0528. The van der Waals surface area contributed by atoms with Crippen LogP contribution in [0.5, 0.6) is 0 Å². The maximum atomic E-state index is 11.1. The molecule has 0 aliphatic heterocycles. The molecule has 0 unspecified atom stereocenters. The smallest absolute Gasteiger partial charge is 0.306 e. The highest BCUT2D eigenvalue weighted by Gasteiger charge is 2.22. The van der Waals surface area contributed by atoms with Crippen LogP contribution in [0.25, 0.3) is 0 Å². The van der Waals surface area contributed by atoms with E-state index < -0.39 is 0 Å². The number of ether oxygens (including phenoxy) is 2. The summed E-state index contributed by atoms with van der Waals surface area (Å²) < 4.78 is 9.80. The fourth-order valence-corrected chi connectivity index (χ4v) is 3.70. The zero-order valence-electron chi connectivity index (χ0n) is 17.4. The molecule has 2 fully saturated rings. The highest BCUT2D eigenvalue weighted by Crippen LogP contribution is 2.26. The molecular weight excluding hydrogens is 403 g/mol. The molecule has 2 rings (SSSR count). The molecule has 0 saturated heterocycles. The molecule has 0 amide bonds. The largest absolute Gasteiger partial charge is 0.466 e. The molecular formula is C20H40Cl2N2O4. The van der Waals surface area contributed by atoms with Crippen molar-refractivity contribution in [1.82, 2.24) is 0 Å². The third-order valence-electron chi connectivity index (χ3n) is 5.30. The van der Waals surface area contributed by atoms with E-state index in [2.05, 4.69) is 0 Å². The van der Waals surface area contributed by atoms with Crippen molar-refractivity contribution in [1.29, 1.82) is 0 Å². The third kappa shape index (κ3) is 13.6. The predicted octanol–water partition coefficient (Wildman–Crippen LogP) is 3.76. The first-order valence-corrected chi connectivity index (χ1v) is 10.3. The van der Waals surface area contributed by atoms with Gasteiger partial charge in [-0.05, 0) is 77.0 Å². The number of nitrogens with two attached hydrogens (primary N) is 2. The van der Waals surface area contributed by atoms with Crippen molar-refractivity contribution in [2.24, 2.45) is 23.3 Å². The summed E-state index contributed by atoms with van der Waals surface area (Å²) >= 11 is 0. The van der Waals surface area contributed by atoms with Gasteiger partial charge in [-0.15, -0.1) is 24.8 Å². The van der Waals surface area contributed by atoms with E-state index in [1.165, 1.54) is 0 Å². The van der Waals surface area contributed by atoms with Crippen molar-refractivity contribution in [2.75, 3.05) is 13.2 Å². The molecule has 0 radical (unpaired) electrons. The van der Waals surface area contributed by atoms with Crippen molar-refractivity contribution >= 4 is 36.8 Å². The number of rotatable bonds is 6. The van der Waals surface area contributed by atoms with Crippen LogP contribution in [-0.2, 0) is 19.1 Å². The molecule has 168 valence electrons. The van der Waals surface area contributed by atoms with Crippen LogP contribution in [0.15, 0.2) is 0 Å². The molecule has 0 heterocycles. The van der Waals surface area contributed by atoms with E-state index >= 15 is 0 Å². The first-order chi connectivity index (χ1) is 12.4. The lowest BCUT2D eigenvalue weighted by Gasteiger charge is -2.25. The van der Waals surface area contributed by atoms with Gasteiger partial charge < -0.3 is 20.9 Å². The molecule has 2 aliphatic rings. The molecule has 0 spiro atoms. The Hall–Kier alpha value is -0.560. The Kier molecular flexibility index (Phi) is 18.3. The summed E-state index contributed by atoms with van der Waals surface area (Å²) in [5.74, 6) is 0.920. The fraction of sp³-hybridized carbons (Fsp3) is 0.900. The second-order valence-corrected chi connectivity index (χ2v) is 7.58. The van der Waals surface area contributed by atoms with Crippen molar-refractivity contribution in [3.63, 3.8) is 0 Å². The molecule has 6 nitrogen and oxygen atoms in total. The summed E-state index contributed by atoms with van der Waals surface area (Å²) in [5, 5.41) is 0. The molecule has 2 aliphatic carbocycles. The summed E-state index contributed by atoms with van der Waals surface area (Å²) in [7, 11) is 0. The van der Waals surface area contributed by atoms with Crippen LogP contribution in [0.1, 0.15) is 78.1 Å². The van der Waals surface area contributed by atoms with Crippen LogP contribution in [0, 0.1) is 11.8 Å². The van der Waals surface area contributed by atoms with E-state index in [-0.39, 0.29) is 36.8 Å². The van der Waals surface area contributed by atoms with Gasteiger partial charge in [0.25, 0.3) is 0 Å². The maximum absolute atomic E-state index is 11.1. The van der Waals surface area contributed by atoms with Gasteiger partial charge >= 0.3 is 11.9 Å². The van der Waals surface area contributed by atoms with Crippen LogP contribution in [0.3, 0.4) is 0 Å². The molecule has 0 bridgehead atoms. The predicted molar refractivity (Wildman–Crippen MR) is 117 cm³/mol. The van der Waals surface area contributed by atoms with E-state index in [4.69, 9.17) is 20.9 Å². The van der Waals surface area contributed by atoms with E-state index in [1.807, 2.05) is 13.8 Å². The summed E-state index contributed by atoms with van der Waals surface area (Å²) in [6.45, 7) is 4.67. The lowest BCUT2D eigenvalue weighted by atomic mass is 9.84. The molecule has 8 heteroatoms. The zero-order valence-corrected chi connectivity index (χ0v) is 19.0. The van der Waals surface area contributed by atoms with Gasteiger partial charge in [0.15, 0.2) is 0 Å². The first-order valence-electron chi connectivity index (χ1n) is 10.3. The number of carbonyl (C=O) groups excluding carboxylic acids is 2. The summed E-state index contributed by atoms with van der Waals surface area (Å²) in [5.41, 5.74) is 11.5. The summed E-state index contributed by atoms with van der Waals surface area (Å²) in [6, 6.07) is 0.719. The van der Waals surface area contributed by atoms with Gasteiger partial charge in [0.05, 0.1) is 13.2 Å². The normalized spacial score (nSPS) is 26.4. The average molecular weight is 443 g/mol. The van der Waals surface area contributed by atoms with E-state index in [9.17, 15) is 9.59 Å². The van der Waals surface area contributed by atoms with Crippen molar-refractivity contribution in [3.8, 4) is 0 Å². The third-order valence-corrected chi connectivity index (χ3v) is 5.30. The number of esters is 2. The van der Waals surface area contributed by atoms with Crippen molar-refractivity contribution in [3.05, 3.63) is 0 Å². The molecule has 0 aromatic heterocycles. The van der Waals surface area contributed by atoms with Crippen LogP contribution in [0.2, 0.25) is 0 Å². The Morgan fingerprint density at radius 1 is 0.679 bits per heavy atom. The number of hydrogen-bond donors (Lipinski definition) is 2. The molecule has 0 aromatic carbocycles. The van der Waals surface area contributed by atoms with Crippen molar-refractivity contribution in [2.45, 2.75) is 90.1 Å². The molecule has 4 N–H and O–H groups in total. The second kappa shape index (κ2) is 17.3. The SMILES string of the molecule is CCOC(=O)CC1CCC(N)CC1.CCOC(=O)CC1CCC(N)CC1.Cl.Cl. The van der Waals surface area contributed by atoms with Crippen LogP contribution in [0.4, 0.5) is 0 Å². The number of hydrogen-bond acceptors (Lipinski definition) is 6. The van der Waals surface area contributed by atoms with Gasteiger partial charge in [-0.1, -0.05) is 0 Å². The summed E-state index contributed by atoms with van der Waals surface area (Å²) in [6.07, 6.45) is 9.74. The Labute approximate surface area is 182 Å².